The molecule has 4 nitrogen and oxygen atoms in total. The maximum Gasteiger partial charge on any atom is 0.211 e. The van der Waals surface area contributed by atoms with Crippen molar-refractivity contribution in [3.05, 3.63) is 0 Å². The first-order valence-corrected chi connectivity index (χ1v) is 6.73. The van der Waals surface area contributed by atoms with Crippen LogP contribution in [0.5, 0.6) is 0 Å². The number of aliphatic hydroxyl groups is 1. The first-order valence-electron chi connectivity index (χ1n) is 5.08. The number of rotatable bonds is 7. The summed E-state index contributed by atoms with van der Waals surface area (Å²) >= 11 is 0. The van der Waals surface area contributed by atoms with Crippen molar-refractivity contribution in [2.24, 2.45) is 5.92 Å². The first-order chi connectivity index (χ1) is 6.43. The van der Waals surface area contributed by atoms with Crippen molar-refractivity contribution >= 4 is 10.0 Å². The normalized spacial score (nSPS) is 16.6. The molecule has 0 aromatic rings. The summed E-state index contributed by atoms with van der Waals surface area (Å²) in [5, 5.41) is 9.52. The lowest BCUT2D eigenvalue weighted by atomic mass is 10.0. The van der Waals surface area contributed by atoms with Gasteiger partial charge in [-0.1, -0.05) is 27.2 Å². The third-order valence-corrected chi connectivity index (χ3v) is 3.84. The average Bonchev–Trinajstić information content (AvgIpc) is 2.13. The fourth-order valence-electron chi connectivity index (χ4n) is 1.03. The van der Waals surface area contributed by atoms with Crippen molar-refractivity contribution < 1.29 is 13.5 Å². The zero-order valence-corrected chi connectivity index (χ0v) is 9.97. The van der Waals surface area contributed by atoms with Crippen LogP contribution >= 0.6 is 0 Å². The van der Waals surface area contributed by atoms with Gasteiger partial charge >= 0.3 is 0 Å². The van der Waals surface area contributed by atoms with E-state index < -0.39 is 16.1 Å². The van der Waals surface area contributed by atoms with E-state index in [2.05, 4.69) is 4.72 Å². The fraction of sp³-hybridized carbons (Fsp3) is 1.00. The molecule has 5 heteroatoms. The number of nitrogens with one attached hydrogen (secondary N) is 1. The maximum atomic E-state index is 11.2. The second-order valence-corrected chi connectivity index (χ2v) is 5.55. The van der Waals surface area contributed by atoms with Crippen molar-refractivity contribution in [2.45, 2.75) is 39.7 Å². The molecule has 0 radical (unpaired) electrons. The average molecular weight is 223 g/mol. The van der Waals surface area contributed by atoms with Crippen LogP contribution in [-0.2, 0) is 10.0 Å². The molecule has 0 aliphatic rings. The lowest BCUT2D eigenvalue weighted by Gasteiger charge is -2.17. The summed E-state index contributed by atoms with van der Waals surface area (Å²) < 4.78 is 24.8. The van der Waals surface area contributed by atoms with E-state index in [1.54, 1.807) is 0 Å². The van der Waals surface area contributed by atoms with E-state index in [0.717, 1.165) is 6.42 Å². The largest absolute Gasteiger partial charge is 0.391 e. The van der Waals surface area contributed by atoms with Crippen molar-refractivity contribution in [3.63, 3.8) is 0 Å². The zero-order chi connectivity index (χ0) is 11.2. The highest BCUT2D eigenvalue weighted by Gasteiger charge is 2.15. The van der Waals surface area contributed by atoms with E-state index in [1.165, 1.54) is 0 Å². The molecule has 0 aromatic carbocycles. The Labute approximate surface area is 86.8 Å². The van der Waals surface area contributed by atoms with Gasteiger partial charge in [-0.15, -0.1) is 0 Å². The molecule has 0 rings (SSSR count). The molecule has 0 saturated carbocycles. The molecular weight excluding hydrogens is 202 g/mol. The topological polar surface area (TPSA) is 66.4 Å². The Balaban J connectivity index is 3.93. The SMILES string of the molecule is CCCS(=O)(=O)NC[C@H](O)[C@H](C)CC. The molecule has 0 aliphatic heterocycles. The monoisotopic (exact) mass is 223 g/mol. The molecule has 0 bridgehead atoms. The molecule has 0 aliphatic carbocycles. The Bertz CT molecular complexity index is 238. The summed E-state index contributed by atoms with van der Waals surface area (Å²) in [6, 6.07) is 0. The number of sulfonamides is 1. The summed E-state index contributed by atoms with van der Waals surface area (Å²) in [5.41, 5.74) is 0. The van der Waals surface area contributed by atoms with Crippen LogP contribution in [0.1, 0.15) is 33.6 Å². The van der Waals surface area contributed by atoms with Gasteiger partial charge in [0.05, 0.1) is 11.9 Å². The Morgan fingerprint density at radius 2 is 1.93 bits per heavy atom. The van der Waals surface area contributed by atoms with Crippen LogP contribution in [0.4, 0.5) is 0 Å². The van der Waals surface area contributed by atoms with Crippen LogP contribution in [-0.4, -0.2) is 31.9 Å². The highest BCUT2D eigenvalue weighted by molar-refractivity contribution is 7.89. The van der Waals surface area contributed by atoms with Gasteiger partial charge in [-0.3, -0.25) is 0 Å². The minimum atomic E-state index is -3.18. The third kappa shape index (κ3) is 5.57. The molecule has 0 fully saturated rings. The van der Waals surface area contributed by atoms with Gasteiger partial charge in [-0.25, -0.2) is 13.1 Å². The Hall–Kier alpha value is -0.130. The van der Waals surface area contributed by atoms with Gasteiger partial charge in [-0.05, 0) is 12.3 Å². The molecule has 0 unspecified atom stereocenters. The minimum absolute atomic E-state index is 0.122. The molecule has 86 valence electrons. The summed E-state index contributed by atoms with van der Waals surface area (Å²) in [7, 11) is -3.18. The van der Waals surface area contributed by atoms with Crippen LogP contribution in [0, 0.1) is 5.92 Å². The van der Waals surface area contributed by atoms with Gasteiger partial charge < -0.3 is 5.11 Å². The Morgan fingerprint density at radius 3 is 2.36 bits per heavy atom. The summed E-state index contributed by atoms with van der Waals surface area (Å²) in [6.07, 6.45) is 0.845. The van der Waals surface area contributed by atoms with Gasteiger partial charge in [-0.2, -0.15) is 0 Å². The second-order valence-electron chi connectivity index (χ2n) is 3.62. The Morgan fingerprint density at radius 1 is 1.36 bits per heavy atom. The van der Waals surface area contributed by atoms with Crippen LogP contribution < -0.4 is 4.72 Å². The highest BCUT2D eigenvalue weighted by Crippen LogP contribution is 2.06. The minimum Gasteiger partial charge on any atom is -0.391 e. The van der Waals surface area contributed by atoms with E-state index in [0.29, 0.717) is 6.42 Å². The molecule has 0 aromatic heterocycles. The van der Waals surface area contributed by atoms with Crippen molar-refractivity contribution in [2.75, 3.05) is 12.3 Å². The highest BCUT2D eigenvalue weighted by atomic mass is 32.2. The van der Waals surface area contributed by atoms with Crippen LogP contribution in [0.2, 0.25) is 0 Å². The second kappa shape index (κ2) is 6.37. The van der Waals surface area contributed by atoms with Crippen molar-refractivity contribution in [1.29, 1.82) is 0 Å². The van der Waals surface area contributed by atoms with Gasteiger partial charge in [0.15, 0.2) is 0 Å². The number of hydrogen-bond donors (Lipinski definition) is 2. The van der Waals surface area contributed by atoms with Gasteiger partial charge in [0.2, 0.25) is 10.0 Å². The molecule has 0 spiro atoms. The third-order valence-electron chi connectivity index (χ3n) is 2.29. The lowest BCUT2D eigenvalue weighted by molar-refractivity contribution is 0.118. The lowest BCUT2D eigenvalue weighted by Crippen LogP contribution is -2.36. The quantitative estimate of drug-likeness (QED) is 0.668. The summed E-state index contributed by atoms with van der Waals surface area (Å²) in [5.74, 6) is 0.250. The van der Waals surface area contributed by atoms with Crippen molar-refractivity contribution in [3.8, 4) is 0 Å². The van der Waals surface area contributed by atoms with E-state index in [1.807, 2.05) is 20.8 Å². The molecule has 0 amide bonds. The molecule has 0 heterocycles. The predicted octanol–water partition coefficient (Wildman–Crippen LogP) is 0.723. The summed E-state index contributed by atoms with van der Waals surface area (Å²) in [6.45, 7) is 5.80. The molecule has 2 N–H and O–H groups in total. The fourth-order valence-corrected chi connectivity index (χ4v) is 2.13. The van der Waals surface area contributed by atoms with E-state index in [9.17, 15) is 13.5 Å². The van der Waals surface area contributed by atoms with Crippen LogP contribution in [0.15, 0.2) is 0 Å². The first kappa shape index (κ1) is 13.9. The zero-order valence-electron chi connectivity index (χ0n) is 9.16. The van der Waals surface area contributed by atoms with Gasteiger partial charge in [0.25, 0.3) is 0 Å². The van der Waals surface area contributed by atoms with E-state index in [-0.39, 0.29) is 18.2 Å². The van der Waals surface area contributed by atoms with Gasteiger partial charge in [0, 0.05) is 6.54 Å². The molecule has 2 atom stereocenters. The van der Waals surface area contributed by atoms with Crippen LogP contribution in [0.3, 0.4) is 0 Å². The molecular formula is C9H21NO3S. The Kier molecular flexibility index (Phi) is 6.31. The van der Waals surface area contributed by atoms with E-state index in [4.69, 9.17) is 0 Å². The number of hydrogen-bond acceptors (Lipinski definition) is 3. The summed E-state index contributed by atoms with van der Waals surface area (Å²) in [4.78, 5) is 0. The standard InChI is InChI=1S/C9H21NO3S/c1-4-6-14(12,13)10-7-9(11)8(3)5-2/h8-11H,4-7H2,1-3H3/t8-,9+/m1/s1. The number of aliphatic hydroxyl groups excluding tert-OH is 1. The van der Waals surface area contributed by atoms with Crippen LogP contribution in [0.25, 0.3) is 0 Å². The van der Waals surface area contributed by atoms with Crippen molar-refractivity contribution in [1.82, 2.24) is 4.72 Å². The molecule has 14 heavy (non-hydrogen) atoms. The maximum absolute atomic E-state index is 11.2. The molecule has 0 saturated heterocycles. The predicted molar refractivity (Wildman–Crippen MR) is 57.5 cm³/mol. The van der Waals surface area contributed by atoms with E-state index >= 15 is 0 Å². The smallest absolute Gasteiger partial charge is 0.211 e. The van der Waals surface area contributed by atoms with Gasteiger partial charge in [0.1, 0.15) is 0 Å².